The number of H-pyrrole nitrogens is 1. The molecule has 2 bridgehead atoms. The largest absolute Gasteiger partial charge is 0.698 e. The number of nitrogens with zero attached hydrogens (tertiary/aromatic N) is 7. The van der Waals surface area contributed by atoms with Crippen LogP contribution in [0.5, 0.6) is 0 Å². The zero-order valence-corrected chi connectivity index (χ0v) is 24.4. The van der Waals surface area contributed by atoms with Crippen molar-refractivity contribution in [2.75, 3.05) is 24.7 Å². The lowest BCUT2D eigenvalue weighted by Crippen LogP contribution is -2.34. The summed E-state index contributed by atoms with van der Waals surface area (Å²) >= 11 is 5.10. The number of aromatic amines is 1. The summed E-state index contributed by atoms with van der Waals surface area (Å²) in [6, 6.07) is 0. The third-order valence-electron chi connectivity index (χ3n) is 7.13. The van der Waals surface area contributed by atoms with E-state index in [4.69, 9.17) is 50.8 Å². The van der Waals surface area contributed by atoms with Crippen LogP contribution >= 0.6 is 15.0 Å². The van der Waals surface area contributed by atoms with Crippen LogP contribution in [0.25, 0.3) is 22.3 Å². The molecule has 2 unspecified atom stereocenters. The van der Waals surface area contributed by atoms with E-state index in [1.165, 1.54) is 17.2 Å². The third kappa shape index (κ3) is 5.06. The second-order valence-corrected chi connectivity index (χ2v) is 13.5. The highest BCUT2D eigenvalue weighted by Crippen LogP contribution is 2.51. The number of hydrogen-bond donors (Lipinski definition) is 4. The van der Waals surface area contributed by atoms with Crippen LogP contribution in [0.15, 0.2) is 23.8 Å². The van der Waals surface area contributed by atoms with Crippen LogP contribution in [0.3, 0.4) is 0 Å². The minimum absolute atomic E-state index is 0.0564. The Balaban J connectivity index is 1.18. The standard InChI is InChI=1S/C20H20F2N10O9P2S/c21-8-6-2-37-43(35,44)41-12-7(39-18(9(12)22)32-5-28-11-16(32)29-20(24)30-17(11)33)1-36-42(34)40-13(8)19(38-6)31-4-27-10-14(23)25-3-26-15(10)31/h3-9,12-13,18-19H,1-2H2,(H5-,23,24,25,26,29,30,33,35,44)/p+1/t6-,7-,8-,9-,12-,13-,18-,19-,43?/m1/s1. The number of hydrogen-bond acceptors (Lipinski definition) is 16. The third-order valence-corrected chi connectivity index (χ3v) is 9.46. The van der Waals surface area contributed by atoms with Gasteiger partial charge in [0.15, 0.2) is 53.5 Å². The molecule has 0 amide bonds. The van der Waals surface area contributed by atoms with Crippen LogP contribution in [-0.4, -0.2) is 93.9 Å². The molecular formula is C20H21F2N10O9P2S+. The molecule has 4 aromatic rings. The van der Waals surface area contributed by atoms with Gasteiger partial charge in [-0.3, -0.25) is 23.4 Å². The average molecular weight is 677 g/mol. The maximum absolute atomic E-state index is 15.9. The second-order valence-electron chi connectivity index (χ2n) is 9.80. The van der Waals surface area contributed by atoms with Gasteiger partial charge in [0.25, 0.3) is 5.56 Å². The maximum atomic E-state index is 15.9. The fourth-order valence-electron chi connectivity index (χ4n) is 5.15. The molecule has 0 aliphatic carbocycles. The predicted molar refractivity (Wildman–Crippen MR) is 146 cm³/mol. The Morgan fingerprint density at radius 2 is 1.73 bits per heavy atom. The summed E-state index contributed by atoms with van der Waals surface area (Å²) in [6.07, 6.45) is -9.37. The predicted octanol–water partition coefficient (Wildman–Crippen LogP) is 0.286. The van der Waals surface area contributed by atoms with Gasteiger partial charge in [-0.25, -0.2) is 28.7 Å². The van der Waals surface area contributed by atoms with Gasteiger partial charge >= 0.3 is 15.0 Å². The molecule has 234 valence electrons. The van der Waals surface area contributed by atoms with Crippen LogP contribution < -0.4 is 17.0 Å². The van der Waals surface area contributed by atoms with E-state index in [0.717, 1.165) is 10.9 Å². The summed E-state index contributed by atoms with van der Waals surface area (Å²) in [5.74, 6) is -0.199. The van der Waals surface area contributed by atoms with E-state index < -0.39 is 83.0 Å². The molecule has 4 aromatic heterocycles. The van der Waals surface area contributed by atoms with Crippen LogP contribution in [0.2, 0.25) is 0 Å². The van der Waals surface area contributed by atoms with Crippen molar-refractivity contribution in [3.63, 3.8) is 0 Å². The Hall–Kier alpha value is -3.17. The Bertz CT molecular complexity index is 1880. The number of ether oxygens (including phenoxy) is 2. The molecule has 3 aliphatic rings. The fraction of sp³-hybridized carbons (Fsp3) is 0.500. The molecule has 10 atom stereocenters. The van der Waals surface area contributed by atoms with E-state index in [1.807, 2.05) is 0 Å². The number of halogens is 2. The van der Waals surface area contributed by atoms with Crippen molar-refractivity contribution in [1.29, 1.82) is 0 Å². The van der Waals surface area contributed by atoms with Gasteiger partial charge < -0.3 is 30.4 Å². The van der Waals surface area contributed by atoms with Crippen molar-refractivity contribution in [3.8, 4) is 0 Å². The topological polar surface area (TPSA) is 252 Å². The first-order chi connectivity index (χ1) is 21.0. The fourth-order valence-corrected chi connectivity index (χ4v) is 7.33. The van der Waals surface area contributed by atoms with E-state index in [1.54, 1.807) is 0 Å². The highest BCUT2D eigenvalue weighted by molar-refractivity contribution is 8.07. The molecule has 0 radical (unpaired) electrons. The number of nitrogens with one attached hydrogen (secondary N) is 1. The first-order valence-electron chi connectivity index (χ1n) is 12.7. The average Bonchev–Trinajstić information content (AvgIpc) is 3.72. The van der Waals surface area contributed by atoms with Crippen molar-refractivity contribution in [2.24, 2.45) is 0 Å². The molecule has 0 saturated carbocycles. The lowest BCUT2D eigenvalue weighted by atomic mass is 10.1. The highest BCUT2D eigenvalue weighted by atomic mass is 32.5. The molecule has 3 aliphatic heterocycles. The van der Waals surface area contributed by atoms with Gasteiger partial charge in [-0.1, -0.05) is 0 Å². The Morgan fingerprint density at radius 1 is 1.00 bits per heavy atom. The number of nitrogens with two attached hydrogens (primary N) is 2. The van der Waals surface area contributed by atoms with E-state index in [0.29, 0.717) is 0 Å². The quantitative estimate of drug-likeness (QED) is 0.208. The number of anilines is 2. The van der Waals surface area contributed by atoms with Gasteiger partial charge in [0, 0.05) is 4.57 Å². The molecular weight excluding hydrogens is 656 g/mol. The lowest BCUT2D eigenvalue weighted by molar-refractivity contribution is -0.0573. The number of nitrogen functional groups attached to an aromatic ring is 2. The molecule has 0 spiro atoms. The monoisotopic (exact) mass is 677 g/mol. The van der Waals surface area contributed by atoms with Crippen molar-refractivity contribution in [1.82, 2.24) is 39.0 Å². The van der Waals surface area contributed by atoms with Gasteiger partial charge in [0.1, 0.15) is 36.8 Å². The van der Waals surface area contributed by atoms with Gasteiger partial charge in [-0.2, -0.15) is 4.98 Å². The molecule has 19 nitrogen and oxygen atoms in total. The summed E-state index contributed by atoms with van der Waals surface area (Å²) in [4.78, 5) is 45.4. The van der Waals surface area contributed by atoms with Crippen molar-refractivity contribution in [2.45, 2.75) is 49.2 Å². The van der Waals surface area contributed by atoms with Crippen molar-refractivity contribution in [3.05, 3.63) is 29.3 Å². The summed E-state index contributed by atoms with van der Waals surface area (Å²) in [7, 11) is -3.08. The molecule has 0 aromatic carbocycles. The smallest absolute Gasteiger partial charge is 0.382 e. The Kier molecular flexibility index (Phi) is 7.40. The molecule has 3 saturated heterocycles. The van der Waals surface area contributed by atoms with Gasteiger partial charge in [0.2, 0.25) is 5.95 Å². The van der Waals surface area contributed by atoms with Gasteiger partial charge in [-0.05, 0) is 11.8 Å². The minimum Gasteiger partial charge on any atom is -0.382 e. The van der Waals surface area contributed by atoms with Crippen molar-refractivity contribution >= 4 is 60.9 Å². The van der Waals surface area contributed by atoms with Crippen LogP contribution in [0.4, 0.5) is 20.5 Å². The van der Waals surface area contributed by atoms with Crippen LogP contribution in [0, 0.1) is 0 Å². The second kappa shape index (κ2) is 11.0. The zero-order chi connectivity index (χ0) is 30.9. The normalized spacial score (nSPS) is 35.8. The van der Waals surface area contributed by atoms with Gasteiger partial charge in [-0.15, -0.1) is 9.05 Å². The maximum Gasteiger partial charge on any atom is 0.698 e. The number of aromatic nitrogens is 8. The van der Waals surface area contributed by atoms with Crippen LogP contribution in [-0.2, 0) is 43.9 Å². The van der Waals surface area contributed by atoms with E-state index in [2.05, 4.69) is 29.9 Å². The summed E-state index contributed by atoms with van der Waals surface area (Å²) in [5.41, 5.74) is 10.9. The minimum atomic E-state index is -4.30. The van der Waals surface area contributed by atoms with Crippen LogP contribution in [0.1, 0.15) is 12.5 Å². The highest BCUT2D eigenvalue weighted by Gasteiger charge is 2.55. The van der Waals surface area contributed by atoms with E-state index in [-0.39, 0.29) is 34.1 Å². The summed E-state index contributed by atoms with van der Waals surface area (Å²) in [6.45, 7) is -5.60. The number of rotatable bonds is 2. The summed E-state index contributed by atoms with van der Waals surface area (Å²) < 4.78 is 80.2. The molecule has 6 N–H and O–H groups in total. The number of alkyl halides is 2. The van der Waals surface area contributed by atoms with E-state index in [9.17, 15) is 14.3 Å². The van der Waals surface area contributed by atoms with Gasteiger partial charge in [0.05, 0.1) is 19.3 Å². The zero-order valence-electron chi connectivity index (χ0n) is 21.8. The molecule has 44 heavy (non-hydrogen) atoms. The lowest BCUT2D eigenvalue weighted by Gasteiger charge is -2.25. The molecule has 3 fully saturated rings. The number of fused-ring (bicyclic) bond motifs is 5. The van der Waals surface area contributed by atoms with E-state index >= 15 is 8.78 Å². The SMILES string of the molecule is Nc1nc2c(ncn2[C@@H]2O[C@@H]3CO[P+](=O)O[C@@H]4[C@H](F)[C@@H](COP(O)(=S)O[C@H]3[C@H]2F)O[C@H]4n2cnc3c(N)ncnc32)c(=O)[nH]1. The first-order valence-corrected chi connectivity index (χ1v) is 16.4. The molecule has 7 heterocycles. The Labute approximate surface area is 249 Å². The first kappa shape index (κ1) is 29.5. The molecule has 7 rings (SSSR count). The Morgan fingerprint density at radius 3 is 2.52 bits per heavy atom. The van der Waals surface area contributed by atoms with Crippen molar-refractivity contribution < 1.29 is 45.8 Å². The molecule has 24 heteroatoms. The summed E-state index contributed by atoms with van der Waals surface area (Å²) in [5, 5.41) is 0. The number of imidazole rings is 2.